The van der Waals surface area contributed by atoms with Crippen LogP contribution in [0.4, 0.5) is 0 Å². The fourth-order valence-electron chi connectivity index (χ4n) is 3.35. The molecule has 2 rings (SSSR count). The predicted molar refractivity (Wildman–Crippen MR) is 116 cm³/mol. The molecule has 0 aliphatic carbocycles. The van der Waals surface area contributed by atoms with Gasteiger partial charge in [0.1, 0.15) is 5.84 Å². The van der Waals surface area contributed by atoms with Crippen LogP contribution in [0.5, 0.6) is 0 Å². The van der Waals surface area contributed by atoms with E-state index < -0.39 is 19.7 Å². The number of amidine groups is 2. The second-order valence-electron chi connectivity index (χ2n) is 7.45. The second-order valence-corrected chi connectivity index (χ2v) is 11.6. The first-order valence-electron chi connectivity index (χ1n) is 10.2. The third-order valence-electron chi connectivity index (χ3n) is 5.05. The van der Waals surface area contributed by atoms with Crippen molar-refractivity contribution in [1.82, 2.24) is 0 Å². The first-order valence-corrected chi connectivity index (χ1v) is 13.5. The zero-order valence-corrected chi connectivity index (χ0v) is 18.8. The van der Waals surface area contributed by atoms with Gasteiger partial charge in [0.2, 0.25) is 0 Å². The lowest BCUT2D eigenvalue weighted by Gasteiger charge is -2.14. The van der Waals surface area contributed by atoms with Crippen molar-refractivity contribution in [2.24, 2.45) is 10.7 Å². The quantitative estimate of drug-likeness (QED) is 0.480. The monoisotopic (exact) mass is 441 g/mol. The summed E-state index contributed by atoms with van der Waals surface area (Å²) in [5, 5.41) is 7.93. The van der Waals surface area contributed by atoms with Crippen molar-refractivity contribution in [1.29, 1.82) is 5.41 Å². The third kappa shape index (κ3) is 5.66. The lowest BCUT2D eigenvalue weighted by molar-refractivity contribution is 0.576. The summed E-state index contributed by atoms with van der Waals surface area (Å²) in [6, 6.07) is 2.57. The Bertz CT molecular complexity index is 997. The number of hydrogen-bond acceptors (Lipinski definition) is 6. The Morgan fingerprint density at radius 2 is 1.24 bits per heavy atom. The Morgan fingerprint density at radius 1 is 0.793 bits per heavy atom. The van der Waals surface area contributed by atoms with Crippen molar-refractivity contribution >= 4 is 31.3 Å². The number of hydrogen-bond donors (Lipinski definition) is 2. The number of rotatable bonds is 12. The van der Waals surface area contributed by atoms with Crippen LogP contribution < -0.4 is 5.73 Å². The number of fused-ring (bicyclic) bond motifs is 1. The Balaban J connectivity index is 2.46. The molecule has 0 fully saturated rings. The van der Waals surface area contributed by atoms with Crippen molar-refractivity contribution in [2.75, 3.05) is 11.5 Å². The molecule has 29 heavy (non-hydrogen) atoms. The molecule has 0 aromatic heterocycles. The van der Waals surface area contributed by atoms with Gasteiger partial charge in [-0.05, 0) is 25.0 Å². The van der Waals surface area contributed by atoms with E-state index in [0.29, 0.717) is 18.4 Å². The minimum atomic E-state index is -3.82. The fourth-order valence-corrected chi connectivity index (χ4v) is 7.05. The summed E-state index contributed by atoms with van der Waals surface area (Å²) in [4.78, 5) is 3.43. The summed E-state index contributed by atoms with van der Waals surface area (Å²) in [7, 11) is -7.63. The van der Waals surface area contributed by atoms with Crippen molar-refractivity contribution in [2.45, 2.75) is 75.0 Å². The van der Waals surface area contributed by atoms with E-state index in [2.05, 4.69) is 4.99 Å². The molecule has 1 aromatic carbocycles. The van der Waals surface area contributed by atoms with Crippen molar-refractivity contribution in [3.63, 3.8) is 0 Å². The average molecular weight is 442 g/mol. The summed E-state index contributed by atoms with van der Waals surface area (Å²) in [5.41, 5.74) is 6.40. The highest BCUT2D eigenvalue weighted by atomic mass is 32.2. The van der Waals surface area contributed by atoms with E-state index in [1.54, 1.807) is 0 Å². The molecular weight excluding hydrogens is 410 g/mol. The summed E-state index contributed by atoms with van der Waals surface area (Å²) >= 11 is 0. The molecule has 7 nitrogen and oxygen atoms in total. The van der Waals surface area contributed by atoms with E-state index in [9.17, 15) is 16.8 Å². The molecule has 1 aliphatic rings. The number of aliphatic imine (C=N–C) groups is 1. The van der Waals surface area contributed by atoms with Gasteiger partial charge in [-0.3, -0.25) is 5.41 Å². The van der Waals surface area contributed by atoms with Gasteiger partial charge < -0.3 is 5.73 Å². The Labute approximate surface area is 174 Å². The van der Waals surface area contributed by atoms with Gasteiger partial charge in [-0.15, -0.1) is 0 Å². The normalized spacial score (nSPS) is 14.1. The van der Waals surface area contributed by atoms with Crippen LogP contribution in [0.3, 0.4) is 0 Å². The molecule has 162 valence electrons. The molecule has 0 spiro atoms. The van der Waals surface area contributed by atoms with E-state index in [4.69, 9.17) is 11.1 Å². The Morgan fingerprint density at radius 3 is 1.69 bits per heavy atom. The maximum atomic E-state index is 13.0. The molecular formula is C20H31N3O4S2. The van der Waals surface area contributed by atoms with E-state index in [1.807, 2.05) is 13.8 Å². The summed E-state index contributed by atoms with van der Waals surface area (Å²) < 4.78 is 52.1. The fraction of sp³-hybridized carbons (Fsp3) is 0.600. The number of nitrogens with zero attached hydrogens (tertiary/aromatic N) is 1. The average Bonchev–Trinajstić information content (AvgIpc) is 2.95. The minimum absolute atomic E-state index is 0.0410. The standard InChI is InChI=1S/C20H31N3O4S2/c1-3-5-7-9-11-28(24,25)17-13-15-16(20(22)23-19(15)21)14-18(17)29(26,27)12-10-8-6-4-2/h13-14H,3-12H2,1-2H3,(H3,21,22,23). The number of unbranched alkanes of at least 4 members (excludes halogenated alkanes) is 6. The zero-order valence-electron chi connectivity index (χ0n) is 17.2. The topological polar surface area (TPSA) is 131 Å². The molecule has 0 radical (unpaired) electrons. The molecule has 1 aromatic rings. The van der Waals surface area contributed by atoms with Crippen LogP contribution in [-0.4, -0.2) is 40.0 Å². The van der Waals surface area contributed by atoms with Crippen LogP contribution in [0.15, 0.2) is 26.9 Å². The second kappa shape index (κ2) is 9.84. The molecule has 0 amide bonds. The van der Waals surface area contributed by atoms with E-state index in [1.165, 1.54) is 12.1 Å². The molecule has 0 atom stereocenters. The van der Waals surface area contributed by atoms with Gasteiger partial charge in [0.25, 0.3) is 0 Å². The lowest BCUT2D eigenvalue weighted by Crippen LogP contribution is -2.18. The first kappa shape index (κ1) is 23.5. The molecule has 0 saturated carbocycles. The van der Waals surface area contributed by atoms with Crippen LogP contribution in [0.2, 0.25) is 0 Å². The van der Waals surface area contributed by atoms with E-state index in [0.717, 1.165) is 38.5 Å². The van der Waals surface area contributed by atoms with Gasteiger partial charge in [-0.25, -0.2) is 21.8 Å². The van der Waals surface area contributed by atoms with Crippen LogP contribution in [0.1, 0.15) is 76.3 Å². The SMILES string of the molecule is CCCCCCS(=O)(=O)c1cc2c(cc1S(=O)(=O)CCCCCC)C(N)=NC2=N. The Kier molecular flexibility index (Phi) is 7.99. The molecule has 0 saturated heterocycles. The number of benzene rings is 1. The first-order chi connectivity index (χ1) is 13.6. The van der Waals surface area contributed by atoms with Gasteiger partial charge in [-0.1, -0.05) is 52.4 Å². The third-order valence-corrected chi connectivity index (χ3v) is 8.85. The molecule has 0 unspecified atom stereocenters. The summed E-state index contributed by atoms with van der Waals surface area (Å²) in [6.45, 7) is 4.07. The van der Waals surface area contributed by atoms with Crippen molar-refractivity contribution < 1.29 is 16.8 Å². The van der Waals surface area contributed by atoms with Gasteiger partial charge in [-0.2, -0.15) is 0 Å². The maximum absolute atomic E-state index is 13.0. The van der Waals surface area contributed by atoms with Crippen LogP contribution >= 0.6 is 0 Å². The maximum Gasteiger partial charge on any atom is 0.179 e. The molecule has 0 bridgehead atoms. The van der Waals surface area contributed by atoms with Crippen LogP contribution in [0, 0.1) is 5.41 Å². The molecule has 1 heterocycles. The van der Waals surface area contributed by atoms with E-state index >= 15 is 0 Å². The zero-order chi connectivity index (χ0) is 21.7. The van der Waals surface area contributed by atoms with Crippen molar-refractivity contribution in [3.05, 3.63) is 23.3 Å². The highest BCUT2D eigenvalue weighted by Gasteiger charge is 2.31. The summed E-state index contributed by atoms with van der Waals surface area (Å²) in [6.07, 6.45) is 6.30. The smallest absolute Gasteiger partial charge is 0.179 e. The van der Waals surface area contributed by atoms with Crippen molar-refractivity contribution in [3.8, 4) is 0 Å². The lowest BCUT2D eigenvalue weighted by atomic mass is 10.1. The van der Waals surface area contributed by atoms with Crippen LogP contribution in [-0.2, 0) is 19.7 Å². The highest BCUT2D eigenvalue weighted by Crippen LogP contribution is 2.31. The van der Waals surface area contributed by atoms with Gasteiger partial charge >= 0.3 is 0 Å². The molecule has 1 aliphatic heterocycles. The molecule has 3 N–H and O–H groups in total. The largest absolute Gasteiger partial charge is 0.383 e. The summed E-state index contributed by atoms with van der Waals surface area (Å²) in [5.74, 6) is -0.335. The van der Waals surface area contributed by atoms with Gasteiger partial charge in [0.05, 0.1) is 21.3 Å². The predicted octanol–water partition coefficient (Wildman–Crippen LogP) is 3.44. The van der Waals surface area contributed by atoms with Gasteiger partial charge in [0, 0.05) is 11.1 Å². The Hall–Kier alpha value is -1.74. The minimum Gasteiger partial charge on any atom is -0.383 e. The highest BCUT2D eigenvalue weighted by molar-refractivity contribution is 7.94. The van der Waals surface area contributed by atoms with Gasteiger partial charge in [0.15, 0.2) is 25.5 Å². The van der Waals surface area contributed by atoms with E-state index in [-0.39, 0.29) is 38.5 Å². The number of nitrogens with two attached hydrogens (primary N) is 1. The number of sulfone groups is 2. The number of nitrogens with one attached hydrogen (secondary N) is 1. The van der Waals surface area contributed by atoms with Crippen LogP contribution in [0.25, 0.3) is 0 Å². The molecule has 9 heteroatoms.